The fraction of sp³-hybridized carbons (Fsp3) is 1.00. The maximum absolute atomic E-state index is 9.33. The van der Waals surface area contributed by atoms with Crippen molar-refractivity contribution in [3.8, 4) is 0 Å². The summed E-state index contributed by atoms with van der Waals surface area (Å²) in [5.74, 6) is 0. The minimum absolute atomic E-state index is 0.216. The Morgan fingerprint density at radius 3 is 2.17 bits per heavy atom. The van der Waals surface area contributed by atoms with E-state index >= 15 is 0 Å². The van der Waals surface area contributed by atoms with Gasteiger partial charge in [-0.25, -0.2) is 0 Å². The van der Waals surface area contributed by atoms with Gasteiger partial charge in [0.2, 0.25) is 0 Å². The van der Waals surface area contributed by atoms with Gasteiger partial charge in [-0.3, -0.25) is 0 Å². The molecule has 0 aromatic rings. The summed E-state index contributed by atoms with van der Waals surface area (Å²) in [6, 6.07) is 0.216. The van der Waals surface area contributed by atoms with E-state index in [0.717, 1.165) is 0 Å². The van der Waals surface area contributed by atoms with E-state index in [1.165, 1.54) is 25.7 Å². The zero-order chi connectivity index (χ0) is 9.19. The molecule has 0 saturated heterocycles. The second-order valence-corrected chi connectivity index (χ2v) is 4.44. The van der Waals surface area contributed by atoms with Crippen molar-refractivity contribution in [2.75, 3.05) is 0 Å². The number of hydrogen-bond acceptors (Lipinski definition) is 2. The second kappa shape index (κ2) is 3.75. The van der Waals surface area contributed by atoms with Crippen LogP contribution in [0.5, 0.6) is 0 Å². The van der Waals surface area contributed by atoms with Crippen molar-refractivity contribution >= 4 is 0 Å². The van der Waals surface area contributed by atoms with Crippen LogP contribution in [-0.4, -0.2) is 22.8 Å². The van der Waals surface area contributed by atoms with Crippen LogP contribution in [0.15, 0.2) is 0 Å². The number of hydrogen-bond donors (Lipinski definition) is 2. The molecule has 72 valence electrons. The number of aliphatic hydroxyl groups is 1. The lowest BCUT2D eigenvalue weighted by molar-refractivity contribution is 0.131. The minimum atomic E-state index is -0.248. The van der Waals surface area contributed by atoms with Gasteiger partial charge in [-0.05, 0) is 33.6 Å². The van der Waals surface area contributed by atoms with Gasteiger partial charge < -0.3 is 10.4 Å². The van der Waals surface area contributed by atoms with Gasteiger partial charge in [-0.15, -0.1) is 0 Å². The van der Waals surface area contributed by atoms with Gasteiger partial charge in [0.05, 0.1) is 6.10 Å². The van der Waals surface area contributed by atoms with E-state index in [9.17, 15) is 5.11 Å². The third-order valence-electron chi connectivity index (χ3n) is 3.01. The fourth-order valence-electron chi connectivity index (χ4n) is 1.97. The first-order chi connectivity index (χ1) is 5.53. The lowest BCUT2D eigenvalue weighted by atomic mass is 9.98. The molecule has 2 heteroatoms. The van der Waals surface area contributed by atoms with Gasteiger partial charge in [-0.1, -0.05) is 12.8 Å². The molecule has 2 unspecified atom stereocenters. The van der Waals surface area contributed by atoms with Gasteiger partial charge >= 0.3 is 0 Å². The standard InChI is InChI=1S/C10H21NO/c1-8(9(2)12)11-10(3)6-4-5-7-10/h8-9,11-12H,4-7H2,1-3H3. The third-order valence-corrected chi connectivity index (χ3v) is 3.01. The molecule has 1 fully saturated rings. The van der Waals surface area contributed by atoms with Crippen LogP contribution in [-0.2, 0) is 0 Å². The van der Waals surface area contributed by atoms with Crippen molar-refractivity contribution in [1.29, 1.82) is 0 Å². The highest BCUT2D eigenvalue weighted by molar-refractivity contribution is 4.90. The predicted molar refractivity (Wildman–Crippen MR) is 51.2 cm³/mol. The second-order valence-electron chi connectivity index (χ2n) is 4.44. The lowest BCUT2D eigenvalue weighted by Gasteiger charge is -2.31. The van der Waals surface area contributed by atoms with Crippen LogP contribution in [0.25, 0.3) is 0 Å². The molecule has 0 bridgehead atoms. The Balaban J connectivity index is 2.38. The van der Waals surface area contributed by atoms with E-state index in [2.05, 4.69) is 12.2 Å². The van der Waals surface area contributed by atoms with Gasteiger partial charge in [0.15, 0.2) is 0 Å². The lowest BCUT2D eigenvalue weighted by Crippen LogP contribution is -2.49. The van der Waals surface area contributed by atoms with E-state index in [1.807, 2.05) is 13.8 Å². The smallest absolute Gasteiger partial charge is 0.0662 e. The van der Waals surface area contributed by atoms with Gasteiger partial charge in [-0.2, -0.15) is 0 Å². The SMILES string of the molecule is CC(O)C(C)NC1(C)CCCC1. The Hall–Kier alpha value is -0.0800. The number of nitrogens with one attached hydrogen (secondary N) is 1. The van der Waals surface area contributed by atoms with Crippen LogP contribution >= 0.6 is 0 Å². The summed E-state index contributed by atoms with van der Waals surface area (Å²) in [5.41, 5.74) is 0.288. The molecule has 1 saturated carbocycles. The predicted octanol–water partition coefficient (Wildman–Crippen LogP) is 1.68. The summed E-state index contributed by atoms with van der Waals surface area (Å²) in [6.07, 6.45) is 4.92. The Morgan fingerprint density at radius 2 is 1.75 bits per heavy atom. The topological polar surface area (TPSA) is 32.3 Å². The molecule has 1 rings (SSSR count). The number of aliphatic hydroxyl groups excluding tert-OH is 1. The zero-order valence-electron chi connectivity index (χ0n) is 8.43. The normalized spacial score (nSPS) is 27.0. The van der Waals surface area contributed by atoms with Crippen molar-refractivity contribution < 1.29 is 5.11 Å². The largest absolute Gasteiger partial charge is 0.392 e. The minimum Gasteiger partial charge on any atom is -0.392 e. The average molecular weight is 171 g/mol. The Kier molecular flexibility index (Phi) is 3.13. The maximum atomic E-state index is 9.33. The van der Waals surface area contributed by atoms with Crippen molar-refractivity contribution in [3.05, 3.63) is 0 Å². The molecule has 0 aliphatic heterocycles. The molecule has 0 radical (unpaired) electrons. The zero-order valence-corrected chi connectivity index (χ0v) is 8.43. The van der Waals surface area contributed by atoms with Crippen LogP contribution < -0.4 is 5.32 Å². The molecule has 0 aromatic carbocycles. The van der Waals surface area contributed by atoms with E-state index in [1.54, 1.807) is 0 Å². The third kappa shape index (κ3) is 2.46. The molecule has 0 amide bonds. The molecule has 1 aliphatic carbocycles. The monoisotopic (exact) mass is 171 g/mol. The molecular formula is C10H21NO. The Labute approximate surface area is 75.4 Å². The molecule has 2 nitrogen and oxygen atoms in total. The maximum Gasteiger partial charge on any atom is 0.0662 e. The van der Waals surface area contributed by atoms with E-state index in [0.29, 0.717) is 0 Å². The van der Waals surface area contributed by atoms with Gasteiger partial charge in [0.25, 0.3) is 0 Å². The first kappa shape index (κ1) is 10.0. The quantitative estimate of drug-likeness (QED) is 0.677. The van der Waals surface area contributed by atoms with Crippen LogP contribution in [0, 0.1) is 0 Å². The van der Waals surface area contributed by atoms with Gasteiger partial charge in [0.1, 0.15) is 0 Å². The first-order valence-corrected chi connectivity index (χ1v) is 4.99. The van der Waals surface area contributed by atoms with Crippen molar-refractivity contribution in [3.63, 3.8) is 0 Å². The Bertz CT molecular complexity index is 139. The van der Waals surface area contributed by atoms with E-state index < -0.39 is 0 Å². The van der Waals surface area contributed by atoms with Crippen LogP contribution in [0.2, 0.25) is 0 Å². The van der Waals surface area contributed by atoms with Crippen molar-refractivity contribution in [1.82, 2.24) is 5.32 Å². The average Bonchev–Trinajstić information content (AvgIpc) is 2.35. The first-order valence-electron chi connectivity index (χ1n) is 4.99. The molecular weight excluding hydrogens is 150 g/mol. The molecule has 2 atom stereocenters. The molecule has 0 aromatic heterocycles. The van der Waals surface area contributed by atoms with E-state index in [4.69, 9.17) is 0 Å². The molecule has 0 heterocycles. The van der Waals surface area contributed by atoms with Gasteiger partial charge in [0, 0.05) is 11.6 Å². The van der Waals surface area contributed by atoms with Crippen LogP contribution in [0.1, 0.15) is 46.5 Å². The van der Waals surface area contributed by atoms with E-state index in [-0.39, 0.29) is 17.7 Å². The molecule has 1 aliphatic rings. The molecule has 2 N–H and O–H groups in total. The highest BCUT2D eigenvalue weighted by atomic mass is 16.3. The summed E-state index contributed by atoms with van der Waals surface area (Å²) in [7, 11) is 0. The molecule has 12 heavy (non-hydrogen) atoms. The highest BCUT2D eigenvalue weighted by Gasteiger charge is 2.30. The fourth-order valence-corrected chi connectivity index (χ4v) is 1.97. The summed E-state index contributed by atoms with van der Waals surface area (Å²) >= 11 is 0. The summed E-state index contributed by atoms with van der Waals surface area (Å²) in [4.78, 5) is 0. The summed E-state index contributed by atoms with van der Waals surface area (Å²) in [6.45, 7) is 6.16. The summed E-state index contributed by atoms with van der Waals surface area (Å²) in [5, 5.41) is 12.8. The summed E-state index contributed by atoms with van der Waals surface area (Å²) < 4.78 is 0. The number of rotatable bonds is 3. The van der Waals surface area contributed by atoms with Crippen molar-refractivity contribution in [2.24, 2.45) is 0 Å². The van der Waals surface area contributed by atoms with Crippen LogP contribution in [0.3, 0.4) is 0 Å². The molecule has 0 spiro atoms. The van der Waals surface area contributed by atoms with Crippen LogP contribution in [0.4, 0.5) is 0 Å². The highest BCUT2D eigenvalue weighted by Crippen LogP contribution is 2.29. The van der Waals surface area contributed by atoms with Crippen molar-refractivity contribution in [2.45, 2.75) is 64.1 Å². The Morgan fingerprint density at radius 1 is 1.25 bits per heavy atom.